The molecule has 3 aliphatic rings. The molecule has 2 bridgehead atoms. The molecule has 4 atom stereocenters. The number of aliphatic carboxylic acids is 1. The van der Waals surface area contributed by atoms with E-state index in [9.17, 15) is 19.5 Å². The Morgan fingerprint density at radius 3 is 2.39 bits per heavy atom. The zero-order valence-corrected chi connectivity index (χ0v) is 17.0. The fourth-order valence-corrected chi connectivity index (χ4v) is 5.34. The minimum atomic E-state index is -0.917. The Balaban J connectivity index is 1.30. The van der Waals surface area contributed by atoms with Gasteiger partial charge in [0, 0.05) is 23.5 Å². The van der Waals surface area contributed by atoms with E-state index < -0.39 is 17.8 Å². The van der Waals surface area contributed by atoms with Gasteiger partial charge in [0.1, 0.15) is 0 Å². The first-order chi connectivity index (χ1) is 15.0. The van der Waals surface area contributed by atoms with Crippen molar-refractivity contribution >= 4 is 29.2 Å². The van der Waals surface area contributed by atoms with Crippen LogP contribution >= 0.6 is 0 Å². The average molecular weight is 416 g/mol. The fourth-order valence-electron chi connectivity index (χ4n) is 5.34. The first-order valence-electron chi connectivity index (χ1n) is 10.7. The number of allylic oxidation sites excluding steroid dienone is 2. The highest BCUT2D eigenvalue weighted by Crippen LogP contribution is 2.48. The van der Waals surface area contributed by atoms with Gasteiger partial charge in [-0.3, -0.25) is 14.4 Å². The Morgan fingerprint density at radius 1 is 0.935 bits per heavy atom. The Kier molecular flexibility index (Phi) is 4.85. The summed E-state index contributed by atoms with van der Waals surface area (Å²) < 4.78 is 0. The Morgan fingerprint density at radius 2 is 1.65 bits per heavy atom. The molecule has 1 saturated carbocycles. The van der Waals surface area contributed by atoms with Gasteiger partial charge in [-0.2, -0.15) is 0 Å². The second-order valence-corrected chi connectivity index (χ2v) is 8.59. The number of hydrogen-bond donors (Lipinski definition) is 2. The summed E-state index contributed by atoms with van der Waals surface area (Å²) in [4.78, 5) is 39.4. The van der Waals surface area contributed by atoms with Crippen LogP contribution in [0.2, 0.25) is 0 Å². The number of benzene rings is 2. The van der Waals surface area contributed by atoms with Gasteiger partial charge in [-0.1, -0.05) is 30.4 Å². The second-order valence-electron chi connectivity index (χ2n) is 8.59. The van der Waals surface area contributed by atoms with Crippen molar-refractivity contribution in [1.29, 1.82) is 0 Å². The molecular weight excluding hydrogens is 392 g/mol. The first-order valence-corrected chi connectivity index (χ1v) is 10.7. The van der Waals surface area contributed by atoms with E-state index in [-0.39, 0.29) is 23.7 Å². The van der Waals surface area contributed by atoms with E-state index in [1.807, 2.05) is 35.3 Å². The molecule has 5 rings (SSSR count). The molecule has 0 spiro atoms. The topological polar surface area (TPSA) is 86.7 Å². The van der Waals surface area contributed by atoms with Crippen molar-refractivity contribution in [3.05, 3.63) is 71.8 Å². The lowest BCUT2D eigenvalue weighted by Crippen LogP contribution is -2.36. The lowest BCUT2D eigenvalue weighted by Gasteiger charge is -2.29. The van der Waals surface area contributed by atoms with E-state index in [0.717, 1.165) is 24.9 Å². The number of hydrogen-bond acceptors (Lipinski definition) is 3. The molecule has 1 fully saturated rings. The van der Waals surface area contributed by atoms with Crippen molar-refractivity contribution in [3.63, 3.8) is 0 Å². The smallest absolute Gasteiger partial charge is 0.307 e. The molecule has 2 aliphatic carbocycles. The summed E-state index contributed by atoms with van der Waals surface area (Å²) in [5.74, 6) is -2.56. The van der Waals surface area contributed by atoms with Gasteiger partial charge in [0.2, 0.25) is 5.91 Å². The molecular formula is C25H24N2O4. The Labute approximate surface area is 180 Å². The fraction of sp³-hybridized carbons (Fsp3) is 0.320. The third kappa shape index (κ3) is 3.42. The molecule has 31 heavy (non-hydrogen) atoms. The van der Waals surface area contributed by atoms with Gasteiger partial charge in [0.05, 0.1) is 11.8 Å². The number of para-hydroxylation sites is 1. The van der Waals surface area contributed by atoms with E-state index in [1.165, 1.54) is 5.56 Å². The van der Waals surface area contributed by atoms with Crippen LogP contribution in [0.25, 0.3) is 0 Å². The van der Waals surface area contributed by atoms with Gasteiger partial charge >= 0.3 is 5.97 Å². The highest BCUT2D eigenvalue weighted by atomic mass is 16.4. The maximum atomic E-state index is 13.1. The molecule has 158 valence electrons. The van der Waals surface area contributed by atoms with Gasteiger partial charge in [-0.25, -0.2) is 0 Å². The maximum Gasteiger partial charge on any atom is 0.307 e. The quantitative estimate of drug-likeness (QED) is 0.744. The largest absolute Gasteiger partial charge is 0.481 e. The summed E-state index contributed by atoms with van der Waals surface area (Å²) in [6.07, 6.45) is 6.51. The van der Waals surface area contributed by atoms with Crippen LogP contribution in [-0.2, 0) is 16.0 Å². The predicted octanol–water partition coefficient (Wildman–Crippen LogP) is 3.74. The molecule has 0 unspecified atom stereocenters. The van der Waals surface area contributed by atoms with Gasteiger partial charge in [0.25, 0.3) is 5.91 Å². The van der Waals surface area contributed by atoms with Crippen molar-refractivity contribution in [2.75, 3.05) is 16.8 Å². The number of anilines is 2. The maximum absolute atomic E-state index is 13.1. The third-order valence-electron chi connectivity index (χ3n) is 6.80. The van der Waals surface area contributed by atoms with Crippen LogP contribution in [0, 0.1) is 23.7 Å². The normalized spacial score (nSPS) is 25.9. The number of carboxylic acids is 1. The summed E-state index contributed by atoms with van der Waals surface area (Å²) in [6.45, 7) is 0.683. The second kappa shape index (κ2) is 7.69. The summed E-state index contributed by atoms with van der Waals surface area (Å²) in [5.41, 5.74) is 3.26. The monoisotopic (exact) mass is 416 g/mol. The summed E-state index contributed by atoms with van der Waals surface area (Å²) >= 11 is 0. The molecule has 6 nitrogen and oxygen atoms in total. The van der Waals surface area contributed by atoms with Gasteiger partial charge in [-0.05, 0) is 67.0 Å². The molecule has 1 aliphatic heterocycles. The van der Waals surface area contributed by atoms with Gasteiger partial charge in [0.15, 0.2) is 0 Å². The van der Waals surface area contributed by atoms with Crippen LogP contribution in [0.4, 0.5) is 11.4 Å². The van der Waals surface area contributed by atoms with Gasteiger partial charge < -0.3 is 15.3 Å². The lowest BCUT2D eigenvalue weighted by molar-refractivity contribution is -0.146. The number of carbonyl (C=O) groups is 3. The summed E-state index contributed by atoms with van der Waals surface area (Å²) in [5, 5.41) is 12.4. The number of carbonyl (C=O) groups excluding carboxylic acids is 2. The predicted molar refractivity (Wildman–Crippen MR) is 117 cm³/mol. The Hall–Kier alpha value is -3.41. The van der Waals surface area contributed by atoms with Crippen molar-refractivity contribution in [3.8, 4) is 0 Å². The number of rotatable bonds is 4. The lowest BCUT2D eigenvalue weighted by atomic mass is 9.82. The summed E-state index contributed by atoms with van der Waals surface area (Å²) in [6, 6.07) is 14.8. The number of nitrogens with one attached hydrogen (secondary N) is 1. The standard InChI is InChI=1S/C25H24N2O4/c28-23(21-17-7-8-18(14-17)22(21)25(30)31)26-19-11-9-16(10-12-19)24(29)27-13-3-5-15-4-1-2-6-20(15)27/h1-2,4,6-12,17-18,21-22H,3,5,13-14H2,(H,26,28)(H,30,31)/t17-,18+,21+,22-/m1/s1. The van der Waals surface area contributed by atoms with E-state index in [2.05, 4.69) is 11.4 Å². The molecule has 1 heterocycles. The molecule has 6 heteroatoms. The van der Waals surface area contributed by atoms with E-state index >= 15 is 0 Å². The van der Waals surface area contributed by atoms with Crippen molar-refractivity contribution < 1.29 is 19.5 Å². The molecule has 2 N–H and O–H groups in total. The number of amides is 2. The molecule has 0 radical (unpaired) electrons. The van der Waals surface area contributed by atoms with Crippen LogP contribution in [-0.4, -0.2) is 29.4 Å². The van der Waals surface area contributed by atoms with Gasteiger partial charge in [-0.15, -0.1) is 0 Å². The number of nitrogens with zero attached hydrogens (tertiary/aromatic N) is 1. The van der Waals surface area contributed by atoms with Crippen LogP contribution < -0.4 is 10.2 Å². The minimum absolute atomic E-state index is 0.0221. The highest BCUT2D eigenvalue weighted by Gasteiger charge is 2.51. The highest BCUT2D eigenvalue weighted by molar-refractivity contribution is 6.07. The molecule has 0 aromatic heterocycles. The number of aryl methyl sites for hydroxylation is 1. The number of carboxylic acid groups (broad SMARTS) is 1. The van der Waals surface area contributed by atoms with Crippen molar-refractivity contribution in [2.24, 2.45) is 23.7 Å². The van der Waals surface area contributed by atoms with E-state index in [1.54, 1.807) is 24.3 Å². The zero-order valence-electron chi connectivity index (χ0n) is 17.0. The molecule has 2 amide bonds. The Bertz CT molecular complexity index is 1080. The zero-order chi connectivity index (χ0) is 21.5. The van der Waals surface area contributed by atoms with Crippen LogP contribution in [0.1, 0.15) is 28.8 Å². The number of fused-ring (bicyclic) bond motifs is 3. The van der Waals surface area contributed by atoms with E-state index in [0.29, 0.717) is 17.8 Å². The van der Waals surface area contributed by atoms with E-state index in [4.69, 9.17) is 0 Å². The SMILES string of the molecule is O=C(Nc1ccc(C(=O)N2CCCc3ccccc32)cc1)[C@@H]1[C@H](C(=O)O)[C@H]2C=C[C@@H]1C2. The average Bonchev–Trinajstić information content (AvgIpc) is 3.41. The van der Waals surface area contributed by atoms with Crippen molar-refractivity contribution in [1.82, 2.24) is 0 Å². The van der Waals surface area contributed by atoms with Crippen LogP contribution in [0.3, 0.4) is 0 Å². The van der Waals surface area contributed by atoms with Crippen LogP contribution in [0.15, 0.2) is 60.7 Å². The molecule has 0 saturated heterocycles. The van der Waals surface area contributed by atoms with Crippen LogP contribution in [0.5, 0.6) is 0 Å². The third-order valence-corrected chi connectivity index (χ3v) is 6.80. The molecule has 2 aromatic carbocycles. The van der Waals surface area contributed by atoms with Crippen molar-refractivity contribution in [2.45, 2.75) is 19.3 Å². The molecule has 2 aromatic rings. The summed E-state index contributed by atoms with van der Waals surface area (Å²) in [7, 11) is 0. The minimum Gasteiger partial charge on any atom is -0.481 e. The first kappa shape index (κ1) is 19.5.